The molecule has 1 aliphatic heterocycles. The molecule has 0 aliphatic carbocycles. The lowest BCUT2D eigenvalue weighted by molar-refractivity contribution is 0.414. The van der Waals surface area contributed by atoms with Crippen molar-refractivity contribution in [1.29, 1.82) is 0 Å². The highest BCUT2D eigenvalue weighted by Crippen LogP contribution is 2.24. The second-order valence-corrected chi connectivity index (χ2v) is 7.03. The maximum atomic E-state index is 11.9. The topological polar surface area (TPSA) is 70.7 Å². The van der Waals surface area contributed by atoms with Crippen molar-refractivity contribution in [3.63, 3.8) is 0 Å². The molecule has 22 heavy (non-hydrogen) atoms. The second kappa shape index (κ2) is 7.80. The molecule has 0 aromatic heterocycles. The normalized spacial score (nSPS) is 19.2. The summed E-state index contributed by atoms with van der Waals surface area (Å²) in [5.74, 6) is 0.810. The molecule has 1 aromatic carbocycles. The van der Waals surface area contributed by atoms with Gasteiger partial charge in [0.1, 0.15) is 5.75 Å². The molecule has 7 heteroatoms. The lowest BCUT2D eigenvalue weighted by Crippen LogP contribution is -2.50. The summed E-state index contributed by atoms with van der Waals surface area (Å²) in [6.45, 7) is 3.99. The third-order valence-corrected chi connectivity index (χ3v) is 4.93. The van der Waals surface area contributed by atoms with Crippen LogP contribution in [0.4, 0.5) is 5.69 Å². The van der Waals surface area contributed by atoms with Gasteiger partial charge in [0.25, 0.3) is 10.2 Å². The molecule has 124 valence electrons. The predicted octanol–water partition coefficient (Wildman–Crippen LogP) is 1.50. The minimum atomic E-state index is -3.41. The van der Waals surface area contributed by atoms with Crippen molar-refractivity contribution in [1.82, 2.24) is 9.44 Å². The number of rotatable bonds is 7. The molecule has 0 radical (unpaired) electrons. The van der Waals surface area contributed by atoms with Crippen molar-refractivity contribution in [2.24, 2.45) is 0 Å². The number of nitrogens with one attached hydrogen (secondary N) is 2. The number of nitrogens with zero attached hydrogens (tertiary/aromatic N) is 1. The van der Waals surface area contributed by atoms with Crippen LogP contribution in [-0.2, 0) is 10.2 Å². The van der Waals surface area contributed by atoms with Crippen LogP contribution in [-0.4, -0.2) is 41.2 Å². The fourth-order valence-electron chi connectivity index (χ4n) is 2.61. The number of hydrogen-bond donors (Lipinski definition) is 2. The standard InChI is InChI=1S/C15H25N3O3S/c1-3-9-16-22(19,20)17-13-6-5-10-18(12-13)14-7-4-8-15(11-14)21-2/h4,7-8,11,13,16-17H,3,5-6,9-10,12H2,1-2H3. The predicted molar refractivity (Wildman–Crippen MR) is 88.6 cm³/mol. The number of methoxy groups -OCH3 is 1. The Bertz CT molecular complexity index is 577. The van der Waals surface area contributed by atoms with Crippen LogP contribution in [0.15, 0.2) is 24.3 Å². The molecule has 0 amide bonds. The Labute approximate surface area is 133 Å². The minimum absolute atomic E-state index is 0.0747. The van der Waals surface area contributed by atoms with Crippen LogP contribution in [0.2, 0.25) is 0 Å². The molecule has 1 fully saturated rings. The van der Waals surface area contributed by atoms with Gasteiger partial charge in [0.15, 0.2) is 0 Å². The van der Waals surface area contributed by atoms with Crippen LogP contribution in [0.1, 0.15) is 26.2 Å². The minimum Gasteiger partial charge on any atom is -0.497 e. The Hall–Kier alpha value is -1.31. The third-order valence-electron chi connectivity index (χ3n) is 3.70. The van der Waals surface area contributed by atoms with Gasteiger partial charge >= 0.3 is 0 Å². The highest BCUT2D eigenvalue weighted by Gasteiger charge is 2.24. The summed E-state index contributed by atoms with van der Waals surface area (Å²) in [6.07, 6.45) is 2.59. The van der Waals surface area contributed by atoms with Gasteiger partial charge in [-0.2, -0.15) is 13.1 Å². The first-order valence-electron chi connectivity index (χ1n) is 7.70. The largest absolute Gasteiger partial charge is 0.497 e. The average Bonchev–Trinajstić information content (AvgIpc) is 2.53. The van der Waals surface area contributed by atoms with Crippen LogP contribution >= 0.6 is 0 Å². The van der Waals surface area contributed by atoms with Crippen LogP contribution in [0.3, 0.4) is 0 Å². The lowest BCUT2D eigenvalue weighted by atomic mass is 10.1. The molecule has 1 unspecified atom stereocenters. The van der Waals surface area contributed by atoms with Crippen molar-refractivity contribution in [3.8, 4) is 5.75 Å². The van der Waals surface area contributed by atoms with Crippen LogP contribution in [0.5, 0.6) is 5.75 Å². The summed E-state index contributed by atoms with van der Waals surface area (Å²) in [6, 6.07) is 7.78. The number of piperidine rings is 1. The van der Waals surface area contributed by atoms with Crippen molar-refractivity contribution in [3.05, 3.63) is 24.3 Å². The maximum Gasteiger partial charge on any atom is 0.277 e. The molecule has 1 aliphatic rings. The highest BCUT2D eigenvalue weighted by molar-refractivity contribution is 7.87. The fraction of sp³-hybridized carbons (Fsp3) is 0.600. The molecule has 6 nitrogen and oxygen atoms in total. The van der Waals surface area contributed by atoms with Gasteiger partial charge in [0, 0.05) is 37.4 Å². The zero-order valence-corrected chi connectivity index (χ0v) is 14.0. The Balaban J connectivity index is 1.99. The molecule has 1 heterocycles. The number of anilines is 1. The Morgan fingerprint density at radius 2 is 2.23 bits per heavy atom. The van der Waals surface area contributed by atoms with Gasteiger partial charge in [-0.1, -0.05) is 13.0 Å². The molecule has 1 aromatic rings. The maximum absolute atomic E-state index is 11.9. The van der Waals surface area contributed by atoms with E-state index in [2.05, 4.69) is 14.3 Å². The molecule has 2 N–H and O–H groups in total. The molecular weight excluding hydrogens is 302 g/mol. The van der Waals surface area contributed by atoms with E-state index in [4.69, 9.17) is 4.74 Å². The quantitative estimate of drug-likeness (QED) is 0.796. The zero-order chi connectivity index (χ0) is 16.0. The van der Waals surface area contributed by atoms with E-state index in [0.29, 0.717) is 13.1 Å². The Kier molecular flexibility index (Phi) is 6.05. The first kappa shape index (κ1) is 17.1. The Morgan fingerprint density at radius 3 is 2.95 bits per heavy atom. The van der Waals surface area contributed by atoms with Crippen LogP contribution in [0.25, 0.3) is 0 Å². The van der Waals surface area contributed by atoms with E-state index in [1.165, 1.54) is 0 Å². The smallest absolute Gasteiger partial charge is 0.277 e. The van der Waals surface area contributed by atoms with Gasteiger partial charge in [0.05, 0.1) is 7.11 Å². The summed E-state index contributed by atoms with van der Waals surface area (Å²) in [5.41, 5.74) is 1.06. The van der Waals surface area contributed by atoms with Gasteiger partial charge in [0.2, 0.25) is 0 Å². The third kappa shape index (κ3) is 4.86. The van der Waals surface area contributed by atoms with E-state index in [1.807, 2.05) is 31.2 Å². The van der Waals surface area contributed by atoms with E-state index in [0.717, 1.165) is 37.2 Å². The van der Waals surface area contributed by atoms with Gasteiger partial charge in [-0.25, -0.2) is 4.72 Å². The first-order valence-corrected chi connectivity index (χ1v) is 9.18. The van der Waals surface area contributed by atoms with Gasteiger partial charge in [-0.3, -0.25) is 0 Å². The van der Waals surface area contributed by atoms with Gasteiger partial charge < -0.3 is 9.64 Å². The fourth-order valence-corrected chi connectivity index (χ4v) is 3.80. The molecule has 0 saturated carbocycles. The van der Waals surface area contributed by atoms with Crippen molar-refractivity contribution >= 4 is 15.9 Å². The Morgan fingerprint density at radius 1 is 1.41 bits per heavy atom. The van der Waals surface area contributed by atoms with Crippen LogP contribution < -0.4 is 19.1 Å². The molecule has 0 spiro atoms. The molecule has 0 bridgehead atoms. The monoisotopic (exact) mass is 327 g/mol. The second-order valence-electron chi connectivity index (χ2n) is 5.50. The summed E-state index contributed by atoms with van der Waals surface area (Å²) in [7, 11) is -1.77. The summed E-state index contributed by atoms with van der Waals surface area (Å²) in [5, 5.41) is 0. The number of ether oxygens (including phenoxy) is 1. The molecular formula is C15H25N3O3S. The van der Waals surface area contributed by atoms with E-state index >= 15 is 0 Å². The van der Waals surface area contributed by atoms with Crippen molar-refractivity contribution < 1.29 is 13.2 Å². The SMILES string of the molecule is CCCNS(=O)(=O)NC1CCCN(c2cccc(OC)c2)C1. The summed E-state index contributed by atoms with van der Waals surface area (Å²) < 4.78 is 34.4. The van der Waals surface area contributed by atoms with Gasteiger partial charge in [-0.05, 0) is 31.4 Å². The van der Waals surface area contributed by atoms with Crippen molar-refractivity contribution in [2.45, 2.75) is 32.2 Å². The van der Waals surface area contributed by atoms with E-state index < -0.39 is 10.2 Å². The highest BCUT2D eigenvalue weighted by atomic mass is 32.2. The average molecular weight is 327 g/mol. The zero-order valence-electron chi connectivity index (χ0n) is 13.2. The van der Waals surface area contributed by atoms with Gasteiger partial charge in [-0.15, -0.1) is 0 Å². The number of hydrogen-bond acceptors (Lipinski definition) is 4. The first-order chi connectivity index (χ1) is 10.5. The summed E-state index contributed by atoms with van der Waals surface area (Å²) in [4.78, 5) is 2.19. The van der Waals surface area contributed by atoms with Crippen molar-refractivity contribution in [2.75, 3.05) is 31.6 Å². The molecule has 2 rings (SSSR count). The lowest BCUT2D eigenvalue weighted by Gasteiger charge is -2.34. The molecule has 1 atom stereocenters. The summed E-state index contributed by atoms with van der Waals surface area (Å²) >= 11 is 0. The van der Waals surface area contributed by atoms with E-state index in [1.54, 1.807) is 7.11 Å². The van der Waals surface area contributed by atoms with E-state index in [-0.39, 0.29) is 6.04 Å². The van der Waals surface area contributed by atoms with E-state index in [9.17, 15) is 8.42 Å². The molecule has 1 saturated heterocycles. The number of benzene rings is 1. The van der Waals surface area contributed by atoms with Crippen LogP contribution in [0, 0.1) is 0 Å².